The molecule has 19 heavy (non-hydrogen) atoms. The topological polar surface area (TPSA) is 68.0 Å². The lowest BCUT2D eigenvalue weighted by atomic mass is 9.94. The lowest BCUT2D eigenvalue weighted by Gasteiger charge is -2.14. The summed E-state index contributed by atoms with van der Waals surface area (Å²) in [6.07, 6.45) is 5.52. The normalized spacial score (nSPS) is 12.2. The first-order valence-corrected chi connectivity index (χ1v) is 6.77. The fourth-order valence-electron chi connectivity index (χ4n) is 2.07. The maximum Gasteiger partial charge on any atom is 0.225 e. The van der Waals surface area contributed by atoms with Crippen molar-refractivity contribution in [2.24, 2.45) is 11.7 Å². The van der Waals surface area contributed by atoms with Crippen LogP contribution in [0, 0.1) is 11.7 Å². The molecule has 1 atom stereocenters. The van der Waals surface area contributed by atoms with Gasteiger partial charge < -0.3 is 11.1 Å². The van der Waals surface area contributed by atoms with Gasteiger partial charge in [-0.15, -0.1) is 0 Å². The van der Waals surface area contributed by atoms with Gasteiger partial charge in [-0.05, 0) is 37.4 Å². The molecule has 1 unspecified atom stereocenters. The molecule has 1 aromatic rings. The first kappa shape index (κ1) is 15.6. The van der Waals surface area contributed by atoms with Crippen molar-refractivity contribution in [2.75, 3.05) is 11.9 Å². The summed E-state index contributed by atoms with van der Waals surface area (Å²) < 4.78 is 12.7. The van der Waals surface area contributed by atoms with Gasteiger partial charge in [-0.3, -0.25) is 4.79 Å². The van der Waals surface area contributed by atoms with Crippen molar-refractivity contribution in [3.05, 3.63) is 24.1 Å². The highest BCUT2D eigenvalue weighted by Gasteiger charge is 2.10. The van der Waals surface area contributed by atoms with E-state index >= 15 is 0 Å². The predicted octanol–water partition coefficient (Wildman–Crippen LogP) is 2.70. The van der Waals surface area contributed by atoms with Crippen LogP contribution in [-0.4, -0.2) is 17.4 Å². The number of pyridine rings is 1. The molecule has 3 N–H and O–H groups in total. The first-order chi connectivity index (χ1) is 9.15. The van der Waals surface area contributed by atoms with Crippen LogP contribution >= 0.6 is 0 Å². The Morgan fingerprint density at radius 1 is 1.42 bits per heavy atom. The Hall–Kier alpha value is -1.49. The van der Waals surface area contributed by atoms with Gasteiger partial charge in [0.2, 0.25) is 5.91 Å². The van der Waals surface area contributed by atoms with E-state index in [4.69, 9.17) is 5.73 Å². The number of nitrogens with zero attached hydrogens (tertiary/aromatic N) is 1. The number of aromatic nitrogens is 1. The van der Waals surface area contributed by atoms with Crippen LogP contribution in [0.3, 0.4) is 0 Å². The Morgan fingerprint density at radius 3 is 2.79 bits per heavy atom. The molecule has 1 aromatic heterocycles. The van der Waals surface area contributed by atoms with Crippen molar-refractivity contribution >= 4 is 11.7 Å². The summed E-state index contributed by atoms with van der Waals surface area (Å²) in [5, 5.41) is 2.66. The Bertz CT molecular complexity index is 375. The van der Waals surface area contributed by atoms with E-state index in [0.717, 1.165) is 31.9 Å². The standard InChI is InChI=1S/C14H22FN3O/c1-2-3-11(8-9-16)4-7-14(19)18-13-6-5-12(15)10-17-13/h5-6,10-11H,2-4,7-9,16H2,1H3,(H,17,18,19). The number of carbonyl (C=O) groups excluding carboxylic acids is 1. The number of nitrogens with one attached hydrogen (secondary N) is 1. The number of rotatable bonds is 8. The van der Waals surface area contributed by atoms with E-state index in [0.29, 0.717) is 24.7 Å². The van der Waals surface area contributed by atoms with Gasteiger partial charge in [0, 0.05) is 6.42 Å². The second-order valence-corrected chi connectivity index (χ2v) is 4.68. The zero-order valence-corrected chi connectivity index (χ0v) is 11.4. The number of nitrogens with two attached hydrogens (primary N) is 1. The molecule has 1 rings (SSSR count). The lowest BCUT2D eigenvalue weighted by molar-refractivity contribution is -0.116. The van der Waals surface area contributed by atoms with Crippen LogP contribution in [0.4, 0.5) is 10.2 Å². The fraction of sp³-hybridized carbons (Fsp3) is 0.571. The molecule has 0 aromatic carbocycles. The minimum Gasteiger partial charge on any atom is -0.330 e. The maximum absolute atomic E-state index is 12.7. The highest BCUT2D eigenvalue weighted by Crippen LogP contribution is 2.17. The van der Waals surface area contributed by atoms with Crippen molar-refractivity contribution in [1.29, 1.82) is 0 Å². The third-order valence-corrected chi connectivity index (χ3v) is 3.05. The van der Waals surface area contributed by atoms with Crippen molar-refractivity contribution in [3.63, 3.8) is 0 Å². The highest BCUT2D eigenvalue weighted by molar-refractivity contribution is 5.89. The molecule has 0 fully saturated rings. The minimum atomic E-state index is -0.413. The third kappa shape index (κ3) is 6.29. The molecule has 0 aliphatic rings. The third-order valence-electron chi connectivity index (χ3n) is 3.05. The summed E-state index contributed by atoms with van der Waals surface area (Å²) >= 11 is 0. The summed E-state index contributed by atoms with van der Waals surface area (Å²) in [5.74, 6) is 0.389. The van der Waals surface area contributed by atoms with Crippen LogP contribution in [-0.2, 0) is 4.79 Å². The molecule has 1 amide bonds. The lowest BCUT2D eigenvalue weighted by Crippen LogP contribution is -2.16. The number of carbonyl (C=O) groups is 1. The smallest absolute Gasteiger partial charge is 0.225 e. The summed E-state index contributed by atoms with van der Waals surface area (Å²) in [6, 6.07) is 2.73. The second-order valence-electron chi connectivity index (χ2n) is 4.68. The molecule has 0 saturated heterocycles. The molecule has 0 bridgehead atoms. The molecule has 0 saturated carbocycles. The van der Waals surface area contributed by atoms with Gasteiger partial charge in [0.1, 0.15) is 11.6 Å². The minimum absolute atomic E-state index is 0.0859. The fourth-order valence-corrected chi connectivity index (χ4v) is 2.07. The van der Waals surface area contributed by atoms with Crippen LogP contribution in [0.2, 0.25) is 0 Å². The van der Waals surface area contributed by atoms with Gasteiger partial charge in [-0.25, -0.2) is 9.37 Å². The Morgan fingerprint density at radius 2 is 2.21 bits per heavy atom. The van der Waals surface area contributed by atoms with Crippen LogP contribution in [0.25, 0.3) is 0 Å². The monoisotopic (exact) mass is 267 g/mol. The van der Waals surface area contributed by atoms with Gasteiger partial charge in [0.25, 0.3) is 0 Å². The summed E-state index contributed by atoms with van der Waals surface area (Å²) in [5.41, 5.74) is 5.56. The van der Waals surface area contributed by atoms with E-state index in [1.54, 1.807) is 0 Å². The number of anilines is 1. The number of amides is 1. The molecular formula is C14H22FN3O. The number of halogens is 1. The average Bonchev–Trinajstić information content (AvgIpc) is 2.39. The zero-order valence-electron chi connectivity index (χ0n) is 11.4. The van der Waals surface area contributed by atoms with Gasteiger partial charge in [-0.1, -0.05) is 19.8 Å². The van der Waals surface area contributed by atoms with Gasteiger partial charge in [0.05, 0.1) is 6.20 Å². The van der Waals surface area contributed by atoms with Gasteiger partial charge in [-0.2, -0.15) is 0 Å². The Balaban J connectivity index is 2.35. The first-order valence-electron chi connectivity index (χ1n) is 6.77. The molecule has 106 valence electrons. The van der Waals surface area contributed by atoms with E-state index in [2.05, 4.69) is 17.2 Å². The van der Waals surface area contributed by atoms with E-state index in [9.17, 15) is 9.18 Å². The number of hydrogen-bond acceptors (Lipinski definition) is 3. The number of hydrogen-bond donors (Lipinski definition) is 2. The highest BCUT2D eigenvalue weighted by atomic mass is 19.1. The van der Waals surface area contributed by atoms with E-state index in [-0.39, 0.29) is 5.91 Å². The molecule has 0 spiro atoms. The van der Waals surface area contributed by atoms with Crippen LogP contribution in [0.15, 0.2) is 18.3 Å². The van der Waals surface area contributed by atoms with Crippen LogP contribution in [0.1, 0.15) is 39.0 Å². The summed E-state index contributed by atoms with van der Waals surface area (Å²) in [7, 11) is 0. The molecule has 4 nitrogen and oxygen atoms in total. The maximum atomic E-state index is 12.7. The van der Waals surface area contributed by atoms with E-state index < -0.39 is 5.82 Å². The molecule has 0 aliphatic carbocycles. The second kappa shape index (κ2) is 8.58. The van der Waals surface area contributed by atoms with E-state index in [1.165, 1.54) is 12.1 Å². The molecule has 0 radical (unpaired) electrons. The molecular weight excluding hydrogens is 245 g/mol. The molecule has 5 heteroatoms. The van der Waals surface area contributed by atoms with Crippen molar-refractivity contribution in [2.45, 2.75) is 39.0 Å². The van der Waals surface area contributed by atoms with Crippen molar-refractivity contribution in [1.82, 2.24) is 4.98 Å². The predicted molar refractivity (Wildman–Crippen MR) is 74.1 cm³/mol. The molecule has 0 aliphatic heterocycles. The quantitative estimate of drug-likeness (QED) is 0.761. The van der Waals surface area contributed by atoms with Gasteiger partial charge >= 0.3 is 0 Å². The van der Waals surface area contributed by atoms with Crippen molar-refractivity contribution < 1.29 is 9.18 Å². The Labute approximate surface area is 113 Å². The average molecular weight is 267 g/mol. The summed E-state index contributed by atoms with van der Waals surface area (Å²) in [6.45, 7) is 2.79. The van der Waals surface area contributed by atoms with Crippen LogP contribution < -0.4 is 11.1 Å². The summed E-state index contributed by atoms with van der Waals surface area (Å²) in [4.78, 5) is 15.5. The largest absolute Gasteiger partial charge is 0.330 e. The Kier molecular flexibility index (Phi) is 7.03. The van der Waals surface area contributed by atoms with E-state index in [1.807, 2.05) is 0 Å². The SMILES string of the molecule is CCCC(CCN)CCC(=O)Nc1ccc(F)cn1. The zero-order chi connectivity index (χ0) is 14.1. The van der Waals surface area contributed by atoms with Gasteiger partial charge in [0.15, 0.2) is 0 Å². The van der Waals surface area contributed by atoms with Crippen LogP contribution in [0.5, 0.6) is 0 Å². The molecule has 1 heterocycles. The van der Waals surface area contributed by atoms with Crippen molar-refractivity contribution in [3.8, 4) is 0 Å².